The maximum Gasteiger partial charge on any atom is 0.352 e. The lowest BCUT2D eigenvalue weighted by Crippen LogP contribution is -2.25. The number of H-pyrrole nitrogens is 1. The lowest BCUT2D eigenvalue weighted by molar-refractivity contribution is 0.0691. The Morgan fingerprint density at radius 1 is 1.69 bits per heavy atom. The smallest absolute Gasteiger partial charge is 0.352 e. The monoisotopic (exact) mass is 180 g/mol. The summed E-state index contributed by atoms with van der Waals surface area (Å²) in [6.45, 7) is 1.83. The van der Waals surface area contributed by atoms with Crippen LogP contribution in [0.4, 0.5) is 0 Å². The van der Waals surface area contributed by atoms with E-state index in [1.807, 2.05) is 7.05 Å². The molecule has 1 aliphatic rings. The molecule has 2 N–H and O–H groups in total. The summed E-state index contributed by atoms with van der Waals surface area (Å²) < 4.78 is 0. The van der Waals surface area contributed by atoms with Crippen LogP contribution >= 0.6 is 0 Å². The van der Waals surface area contributed by atoms with Crippen LogP contribution in [0.3, 0.4) is 0 Å². The highest BCUT2D eigenvalue weighted by Crippen LogP contribution is 2.18. The summed E-state index contributed by atoms with van der Waals surface area (Å²) in [5.41, 5.74) is 2.50. The second-order valence-corrected chi connectivity index (χ2v) is 3.48. The van der Waals surface area contributed by atoms with Crippen molar-refractivity contribution >= 4 is 5.97 Å². The van der Waals surface area contributed by atoms with E-state index >= 15 is 0 Å². The lowest BCUT2D eigenvalue weighted by Gasteiger charge is -2.21. The van der Waals surface area contributed by atoms with E-state index in [0.717, 1.165) is 30.8 Å². The average molecular weight is 180 g/mol. The zero-order chi connectivity index (χ0) is 9.42. The summed E-state index contributed by atoms with van der Waals surface area (Å²) in [5.74, 6) is -0.878. The first kappa shape index (κ1) is 8.31. The maximum atomic E-state index is 10.7. The van der Waals surface area contributed by atoms with Gasteiger partial charge in [0.05, 0.1) is 0 Å². The third-order valence-corrected chi connectivity index (χ3v) is 2.41. The summed E-state index contributed by atoms with van der Waals surface area (Å²) in [5, 5.41) is 8.76. The van der Waals surface area contributed by atoms with Gasteiger partial charge >= 0.3 is 5.97 Å². The Balaban J connectivity index is 2.33. The van der Waals surface area contributed by atoms with Gasteiger partial charge in [0.1, 0.15) is 5.69 Å². The molecular formula is C9H12N2O2. The van der Waals surface area contributed by atoms with Gasteiger partial charge in [-0.3, -0.25) is 0 Å². The van der Waals surface area contributed by atoms with Crippen molar-refractivity contribution in [2.45, 2.75) is 13.0 Å². The van der Waals surface area contributed by atoms with Crippen LogP contribution in [-0.2, 0) is 13.0 Å². The van der Waals surface area contributed by atoms with Crippen molar-refractivity contribution in [3.05, 3.63) is 23.0 Å². The van der Waals surface area contributed by atoms with E-state index < -0.39 is 5.97 Å². The van der Waals surface area contributed by atoms with Crippen LogP contribution in [0.15, 0.2) is 6.07 Å². The van der Waals surface area contributed by atoms with Crippen LogP contribution in [0.2, 0.25) is 0 Å². The van der Waals surface area contributed by atoms with E-state index in [-0.39, 0.29) is 0 Å². The van der Waals surface area contributed by atoms with Crippen LogP contribution < -0.4 is 0 Å². The number of hydrogen-bond acceptors (Lipinski definition) is 2. The van der Waals surface area contributed by atoms with E-state index in [4.69, 9.17) is 5.11 Å². The summed E-state index contributed by atoms with van der Waals surface area (Å²) >= 11 is 0. The first-order chi connectivity index (χ1) is 6.16. The highest BCUT2D eigenvalue weighted by molar-refractivity contribution is 5.86. The van der Waals surface area contributed by atoms with Crippen molar-refractivity contribution in [1.82, 2.24) is 9.88 Å². The lowest BCUT2D eigenvalue weighted by atomic mass is 10.1. The summed E-state index contributed by atoms with van der Waals surface area (Å²) in [4.78, 5) is 15.7. The van der Waals surface area contributed by atoms with Crippen LogP contribution in [0, 0.1) is 0 Å². The first-order valence-corrected chi connectivity index (χ1v) is 4.29. The molecule has 70 valence electrons. The van der Waals surface area contributed by atoms with Crippen LogP contribution in [-0.4, -0.2) is 34.6 Å². The number of nitrogens with one attached hydrogen (secondary N) is 1. The Hall–Kier alpha value is -1.29. The highest BCUT2D eigenvalue weighted by Gasteiger charge is 2.17. The SMILES string of the molecule is CN1CCc2cc(C(=O)O)[nH]c2C1. The number of aromatic carboxylic acids is 1. The van der Waals surface area contributed by atoms with Crippen molar-refractivity contribution < 1.29 is 9.90 Å². The van der Waals surface area contributed by atoms with Crippen molar-refractivity contribution in [3.8, 4) is 0 Å². The zero-order valence-corrected chi connectivity index (χ0v) is 7.50. The average Bonchev–Trinajstić information content (AvgIpc) is 2.46. The van der Waals surface area contributed by atoms with E-state index in [0.29, 0.717) is 5.69 Å². The van der Waals surface area contributed by atoms with Gasteiger partial charge in [0, 0.05) is 18.8 Å². The maximum absolute atomic E-state index is 10.7. The number of carboxylic acids is 1. The molecule has 1 aromatic rings. The normalized spacial score (nSPS) is 17.0. The number of fused-ring (bicyclic) bond motifs is 1. The largest absolute Gasteiger partial charge is 0.477 e. The molecule has 0 spiro atoms. The first-order valence-electron chi connectivity index (χ1n) is 4.29. The van der Waals surface area contributed by atoms with Gasteiger partial charge in [-0.25, -0.2) is 4.79 Å². The molecule has 0 saturated heterocycles. The molecule has 2 rings (SSSR count). The highest BCUT2D eigenvalue weighted by atomic mass is 16.4. The van der Waals surface area contributed by atoms with Crippen molar-refractivity contribution in [1.29, 1.82) is 0 Å². The molecule has 4 heteroatoms. The second kappa shape index (κ2) is 2.88. The number of rotatable bonds is 1. The quantitative estimate of drug-likeness (QED) is 0.669. The van der Waals surface area contributed by atoms with Gasteiger partial charge < -0.3 is 15.0 Å². The van der Waals surface area contributed by atoms with E-state index in [2.05, 4.69) is 9.88 Å². The molecule has 0 atom stereocenters. The molecule has 4 nitrogen and oxygen atoms in total. The summed E-state index contributed by atoms with van der Waals surface area (Å²) in [6.07, 6.45) is 0.940. The number of hydrogen-bond donors (Lipinski definition) is 2. The molecule has 0 bridgehead atoms. The summed E-state index contributed by atoms with van der Waals surface area (Å²) in [6, 6.07) is 1.74. The van der Waals surface area contributed by atoms with E-state index in [1.165, 1.54) is 0 Å². The fraction of sp³-hybridized carbons (Fsp3) is 0.444. The fourth-order valence-electron chi connectivity index (χ4n) is 1.68. The van der Waals surface area contributed by atoms with Crippen LogP contribution in [0.25, 0.3) is 0 Å². The Bertz CT molecular complexity index is 343. The number of carbonyl (C=O) groups is 1. The Labute approximate surface area is 76.2 Å². The van der Waals surface area contributed by atoms with Crippen molar-refractivity contribution in [3.63, 3.8) is 0 Å². The van der Waals surface area contributed by atoms with Gasteiger partial charge in [-0.05, 0) is 25.1 Å². The molecule has 0 radical (unpaired) electrons. The Kier molecular flexibility index (Phi) is 1.84. The van der Waals surface area contributed by atoms with E-state index in [1.54, 1.807) is 6.07 Å². The zero-order valence-electron chi connectivity index (χ0n) is 7.50. The van der Waals surface area contributed by atoms with Gasteiger partial charge in [-0.1, -0.05) is 0 Å². The van der Waals surface area contributed by atoms with Gasteiger partial charge in [0.2, 0.25) is 0 Å². The van der Waals surface area contributed by atoms with Crippen LogP contribution in [0.1, 0.15) is 21.7 Å². The van der Waals surface area contributed by atoms with E-state index in [9.17, 15) is 4.79 Å². The minimum Gasteiger partial charge on any atom is -0.477 e. The summed E-state index contributed by atoms with van der Waals surface area (Å²) in [7, 11) is 2.03. The van der Waals surface area contributed by atoms with Gasteiger partial charge in [-0.2, -0.15) is 0 Å². The number of aromatic nitrogens is 1. The molecule has 13 heavy (non-hydrogen) atoms. The third-order valence-electron chi connectivity index (χ3n) is 2.41. The molecule has 0 saturated carbocycles. The Morgan fingerprint density at radius 2 is 2.46 bits per heavy atom. The molecule has 0 fully saturated rings. The fourth-order valence-corrected chi connectivity index (χ4v) is 1.68. The number of carboxylic acid groups (broad SMARTS) is 1. The molecule has 0 unspecified atom stereocenters. The molecule has 0 amide bonds. The van der Waals surface area contributed by atoms with Gasteiger partial charge in [0.15, 0.2) is 0 Å². The molecule has 1 aromatic heterocycles. The number of aromatic amines is 1. The Morgan fingerprint density at radius 3 is 3.15 bits per heavy atom. The number of nitrogens with zero attached hydrogens (tertiary/aromatic N) is 1. The standard InChI is InChI=1S/C9H12N2O2/c1-11-3-2-6-4-7(9(12)13)10-8(6)5-11/h4,10H,2-3,5H2,1H3,(H,12,13). The predicted molar refractivity (Wildman–Crippen MR) is 47.8 cm³/mol. The van der Waals surface area contributed by atoms with Crippen molar-refractivity contribution in [2.75, 3.05) is 13.6 Å². The topological polar surface area (TPSA) is 56.3 Å². The predicted octanol–water partition coefficient (Wildman–Crippen LogP) is 0.701. The molecule has 0 aromatic carbocycles. The van der Waals surface area contributed by atoms with Crippen molar-refractivity contribution in [2.24, 2.45) is 0 Å². The second-order valence-electron chi connectivity index (χ2n) is 3.48. The van der Waals surface area contributed by atoms with Gasteiger partial charge in [-0.15, -0.1) is 0 Å². The minimum absolute atomic E-state index is 0.306. The van der Waals surface area contributed by atoms with Crippen LogP contribution in [0.5, 0.6) is 0 Å². The molecule has 2 heterocycles. The molecule has 1 aliphatic heterocycles. The third kappa shape index (κ3) is 1.45. The molecule has 0 aliphatic carbocycles. The minimum atomic E-state index is -0.878. The number of likely N-dealkylation sites (N-methyl/N-ethyl adjacent to an activating group) is 1. The molecular weight excluding hydrogens is 168 g/mol. The van der Waals surface area contributed by atoms with Gasteiger partial charge in [0.25, 0.3) is 0 Å².